The van der Waals surface area contributed by atoms with E-state index in [0.717, 1.165) is 35.2 Å². The number of benzene rings is 2. The van der Waals surface area contributed by atoms with Crippen molar-refractivity contribution in [2.75, 3.05) is 18.4 Å². The molecule has 0 radical (unpaired) electrons. The number of sulfonamides is 1. The summed E-state index contributed by atoms with van der Waals surface area (Å²) in [5, 5.41) is 4.15. The fourth-order valence-electron chi connectivity index (χ4n) is 3.68. The average Bonchev–Trinajstić information content (AvgIpc) is 2.70. The van der Waals surface area contributed by atoms with Crippen molar-refractivity contribution in [2.24, 2.45) is 5.92 Å². The van der Waals surface area contributed by atoms with Gasteiger partial charge in [0.05, 0.1) is 10.4 Å². The van der Waals surface area contributed by atoms with E-state index in [1.807, 2.05) is 18.2 Å². The molecule has 1 saturated heterocycles. The lowest BCUT2D eigenvalue weighted by molar-refractivity contribution is 0.288. The summed E-state index contributed by atoms with van der Waals surface area (Å²) < 4.78 is 27.6. The van der Waals surface area contributed by atoms with Crippen LogP contribution in [0.15, 0.2) is 53.4 Å². The van der Waals surface area contributed by atoms with Crippen molar-refractivity contribution in [3.63, 3.8) is 0 Å². The lowest BCUT2D eigenvalue weighted by Gasteiger charge is -2.29. The number of aromatic nitrogens is 1. The molecule has 0 amide bonds. The summed E-state index contributed by atoms with van der Waals surface area (Å²) in [6.07, 6.45) is 1.84. The number of anilines is 2. The van der Waals surface area contributed by atoms with Crippen molar-refractivity contribution in [1.82, 2.24) is 9.29 Å². The molecule has 0 atom stereocenters. The predicted octanol–water partition coefficient (Wildman–Crippen LogP) is 5.02. The van der Waals surface area contributed by atoms with Gasteiger partial charge < -0.3 is 5.32 Å². The van der Waals surface area contributed by atoms with Crippen LogP contribution in [0.1, 0.15) is 30.9 Å². The Kier molecular flexibility index (Phi) is 5.32. The molecule has 5 nitrogen and oxygen atoms in total. The molecule has 1 aliphatic heterocycles. The monoisotopic (exact) mass is 409 g/mol. The van der Waals surface area contributed by atoms with Crippen molar-refractivity contribution >= 4 is 32.4 Å². The Morgan fingerprint density at radius 1 is 0.966 bits per heavy atom. The highest BCUT2D eigenvalue weighted by Gasteiger charge is 2.28. The Morgan fingerprint density at radius 3 is 2.45 bits per heavy atom. The van der Waals surface area contributed by atoms with Crippen LogP contribution in [-0.4, -0.2) is 30.8 Å². The molecule has 1 fully saturated rings. The number of rotatable bonds is 4. The number of piperidine rings is 1. The van der Waals surface area contributed by atoms with E-state index in [1.54, 1.807) is 22.5 Å². The molecule has 3 aromatic rings. The Labute approximate surface area is 172 Å². The van der Waals surface area contributed by atoms with E-state index in [1.165, 1.54) is 11.1 Å². The zero-order chi connectivity index (χ0) is 20.6. The molecule has 0 bridgehead atoms. The third kappa shape index (κ3) is 4.14. The molecule has 0 spiro atoms. The van der Waals surface area contributed by atoms with Gasteiger partial charge >= 0.3 is 0 Å². The van der Waals surface area contributed by atoms with E-state index in [2.05, 4.69) is 43.2 Å². The Morgan fingerprint density at radius 2 is 1.72 bits per heavy atom. The van der Waals surface area contributed by atoms with Gasteiger partial charge in [0.1, 0.15) is 5.82 Å². The number of nitrogens with zero attached hydrogens (tertiary/aromatic N) is 2. The van der Waals surface area contributed by atoms with E-state index in [9.17, 15) is 8.42 Å². The summed E-state index contributed by atoms with van der Waals surface area (Å²) in [5.74, 6) is 1.33. The molecule has 0 unspecified atom stereocenters. The standard InChI is InChI=1S/C23H27N3O2S/c1-16-10-12-26(13-11-16)29(27,28)21-7-8-22-19(15-21)5-9-23(25-22)24-20-6-4-17(2)18(3)14-20/h4-9,14-16H,10-13H2,1-3H3,(H,24,25). The fourth-order valence-corrected chi connectivity index (χ4v) is 5.18. The van der Waals surface area contributed by atoms with Gasteiger partial charge in [-0.25, -0.2) is 13.4 Å². The number of pyridine rings is 1. The lowest BCUT2D eigenvalue weighted by atomic mass is 10.0. The second-order valence-electron chi connectivity index (χ2n) is 8.06. The van der Waals surface area contributed by atoms with Crippen LogP contribution in [0.5, 0.6) is 0 Å². The molecule has 0 aliphatic carbocycles. The number of fused-ring (bicyclic) bond motifs is 1. The first kappa shape index (κ1) is 19.9. The van der Waals surface area contributed by atoms with Crippen LogP contribution in [0.4, 0.5) is 11.5 Å². The number of nitrogens with one attached hydrogen (secondary N) is 1. The Bertz CT molecular complexity index is 1150. The van der Waals surface area contributed by atoms with Gasteiger partial charge in [-0.2, -0.15) is 4.31 Å². The summed E-state index contributed by atoms with van der Waals surface area (Å²) in [5.41, 5.74) is 4.22. The van der Waals surface area contributed by atoms with Gasteiger partial charge in [-0.05, 0) is 86.2 Å². The smallest absolute Gasteiger partial charge is 0.243 e. The Hall–Kier alpha value is -2.44. The molecule has 1 aromatic heterocycles. The molecule has 0 saturated carbocycles. The van der Waals surface area contributed by atoms with Crippen LogP contribution >= 0.6 is 0 Å². The predicted molar refractivity (Wildman–Crippen MR) is 118 cm³/mol. The van der Waals surface area contributed by atoms with Gasteiger partial charge in [0.15, 0.2) is 0 Å². The van der Waals surface area contributed by atoms with Crippen molar-refractivity contribution in [1.29, 1.82) is 0 Å². The summed E-state index contributed by atoms with van der Waals surface area (Å²) >= 11 is 0. The van der Waals surface area contributed by atoms with Crippen molar-refractivity contribution in [3.05, 3.63) is 59.7 Å². The van der Waals surface area contributed by atoms with E-state index < -0.39 is 10.0 Å². The zero-order valence-electron chi connectivity index (χ0n) is 17.1. The van der Waals surface area contributed by atoms with E-state index in [0.29, 0.717) is 23.9 Å². The molecule has 2 aromatic carbocycles. The van der Waals surface area contributed by atoms with Gasteiger partial charge in [-0.1, -0.05) is 13.0 Å². The number of aryl methyl sites for hydroxylation is 2. The molecule has 1 aliphatic rings. The molecule has 4 rings (SSSR count). The molecule has 1 N–H and O–H groups in total. The van der Waals surface area contributed by atoms with Gasteiger partial charge in [-0.3, -0.25) is 0 Å². The van der Waals surface area contributed by atoms with E-state index in [4.69, 9.17) is 0 Å². The third-order valence-corrected chi connectivity index (χ3v) is 7.71. The fraction of sp³-hybridized carbons (Fsp3) is 0.348. The maximum absolute atomic E-state index is 13.0. The van der Waals surface area contributed by atoms with Crippen LogP contribution in [-0.2, 0) is 10.0 Å². The van der Waals surface area contributed by atoms with Crippen molar-refractivity contribution in [3.8, 4) is 0 Å². The van der Waals surface area contributed by atoms with E-state index >= 15 is 0 Å². The topological polar surface area (TPSA) is 62.3 Å². The minimum absolute atomic E-state index is 0.344. The summed E-state index contributed by atoms with van der Waals surface area (Å²) in [7, 11) is -3.45. The first-order valence-electron chi connectivity index (χ1n) is 10.1. The highest BCUT2D eigenvalue weighted by atomic mass is 32.2. The minimum atomic E-state index is -3.45. The van der Waals surface area contributed by atoms with Crippen LogP contribution in [0.3, 0.4) is 0 Å². The van der Waals surface area contributed by atoms with Gasteiger partial charge in [0.25, 0.3) is 0 Å². The summed E-state index contributed by atoms with van der Waals surface area (Å²) in [6.45, 7) is 7.54. The van der Waals surface area contributed by atoms with Crippen molar-refractivity contribution in [2.45, 2.75) is 38.5 Å². The number of hydrogen-bond acceptors (Lipinski definition) is 4. The molecule has 2 heterocycles. The maximum atomic E-state index is 13.0. The first-order valence-corrected chi connectivity index (χ1v) is 11.5. The quantitative estimate of drug-likeness (QED) is 0.657. The van der Waals surface area contributed by atoms with E-state index in [-0.39, 0.29) is 0 Å². The molecule has 29 heavy (non-hydrogen) atoms. The lowest BCUT2D eigenvalue weighted by Crippen LogP contribution is -2.37. The molecular weight excluding hydrogens is 382 g/mol. The maximum Gasteiger partial charge on any atom is 0.243 e. The Balaban J connectivity index is 1.59. The molecule has 6 heteroatoms. The average molecular weight is 410 g/mol. The van der Waals surface area contributed by atoms with Gasteiger partial charge in [0, 0.05) is 24.2 Å². The normalized spacial score (nSPS) is 16.2. The summed E-state index contributed by atoms with van der Waals surface area (Å²) in [6, 6.07) is 15.2. The molecular formula is C23H27N3O2S. The minimum Gasteiger partial charge on any atom is -0.340 e. The second kappa shape index (κ2) is 7.76. The molecule has 152 valence electrons. The third-order valence-electron chi connectivity index (χ3n) is 5.82. The van der Waals surface area contributed by atoms with Crippen LogP contribution in [0, 0.1) is 19.8 Å². The highest BCUT2D eigenvalue weighted by Crippen LogP contribution is 2.27. The second-order valence-corrected chi connectivity index (χ2v) is 10.00. The SMILES string of the molecule is Cc1ccc(Nc2ccc3cc(S(=O)(=O)N4CCC(C)CC4)ccc3n2)cc1C. The van der Waals surface area contributed by atoms with Crippen LogP contribution in [0.2, 0.25) is 0 Å². The van der Waals surface area contributed by atoms with Gasteiger partial charge in [0.2, 0.25) is 10.0 Å². The van der Waals surface area contributed by atoms with Crippen molar-refractivity contribution < 1.29 is 8.42 Å². The first-order chi connectivity index (χ1) is 13.8. The summed E-state index contributed by atoms with van der Waals surface area (Å²) in [4.78, 5) is 4.99. The van der Waals surface area contributed by atoms with Crippen LogP contribution < -0.4 is 5.32 Å². The zero-order valence-corrected chi connectivity index (χ0v) is 18.0. The van der Waals surface area contributed by atoms with Gasteiger partial charge in [-0.15, -0.1) is 0 Å². The number of hydrogen-bond donors (Lipinski definition) is 1. The van der Waals surface area contributed by atoms with Crippen LogP contribution in [0.25, 0.3) is 10.9 Å². The largest absolute Gasteiger partial charge is 0.340 e. The highest BCUT2D eigenvalue weighted by molar-refractivity contribution is 7.89.